The van der Waals surface area contributed by atoms with E-state index in [0.29, 0.717) is 19.4 Å². The minimum Gasteiger partial charge on any atom is -0.348 e. The number of carbonyl (C=O) groups is 1. The molecule has 21 heavy (non-hydrogen) atoms. The number of hydrogen-bond donors (Lipinski definition) is 1. The standard InChI is InChI=1S/C14H20F3N3O/c1-2-20-8-7-12(19-20)13(21)18-11-6-4-3-5-10(11)9-14(15,16)17/h7-8,10-11H,2-6,9H2,1H3,(H,18,21)/t10-,11-/m0/s1. The minimum absolute atomic E-state index is 0.258. The van der Waals surface area contributed by atoms with E-state index in [2.05, 4.69) is 10.4 Å². The van der Waals surface area contributed by atoms with Gasteiger partial charge in [-0.2, -0.15) is 18.3 Å². The van der Waals surface area contributed by atoms with Gasteiger partial charge in [0.25, 0.3) is 5.91 Å². The first-order valence-corrected chi connectivity index (χ1v) is 7.30. The fourth-order valence-electron chi connectivity index (χ4n) is 2.84. The summed E-state index contributed by atoms with van der Waals surface area (Å²) >= 11 is 0. The number of carbonyl (C=O) groups excluding carboxylic acids is 1. The predicted molar refractivity (Wildman–Crippen MR) is 71.8 cm³/mol. The molecule has 1 fully saturated rings. The van der Waals surface area contributed by atoms with Crippen molar-refractivity contribution in [3.8, 4) is 0 Å². The minimum atomic E-state index is -4.19. The molecule has 4 nitrogen and oxygen atoms in total. The molecular weight excluding hydrogens is 283 g/mol. The Kier molecular flexibility index (Phi) is 4.90. The fraction of sp³-hybridized carbons (Fsp3) is 0.714. The van der Waals surface area contributed by atoms with Crippen LogP contribution >= 0.6 is 0 Å². The van der Waals surface area contributed by atoms with Crippen LogP contribution < -0.4 is 5.32 Å². The Morgan fingerprint density at radius 3 is 2.76 bits per heavy atom. The Hall–Kier alpha value is -1.53. The predicted octanol–water partition coefficient (Wildman–Crippen LogP) is 3.14. The lowest BCUT2D eigenvalue weighted by Crippen LogP contribution is -2.43. The molecule has 2 rings (SSSR count). The van der Waals surface area contributed by atoms with Gasteiger partial charge in [-0.1, -0.05) is 12.8 Å². The summed E-state index contributed by atoms with van der Waals surface area (Å²) in [7, 11) is 0. The van der Waals surface area contributed by atoms with Gasteiger partial charge in [0, 0.05) is 25.2 Å². The molecule has 1 heterocycles. The van der Waals surface area contributed by atoms with Crippen LogP contribution in [0.2, 0.25) is 0 Å². The molecule has 0 aliphatic heterocycles. The maximum absolute atomic E-state index is 12.6. The fourth-order valence-corrected chi connectivity index (χ4v) is 2.84. The normalized spacial score (nSPS) is 23.0. The lowest BCUT2D eigenvalue weighted by Gasteiger charge is -2.32. The highest BCUT2D eigenvalue weighted by molar-refractivity contribution is 5.92. The van der Waals surface area contributed by atoms with Gasteiger partial charge in [-0.25, -0.2) is 0 Å². The third-order valence-corrected chi connectivity index (χ3v) is 3.92. The van der Waals surface area contributed by atoms with E-state index in [9.17, 15) is 18.0 Å². The molecular formula is C14H20F3N3O. The molecule has 1 saturated carbocycles. The maximum atomic E-state index is 12.6. The first-order valence-electron chi connectivity index (χ1n) is 7.30. The summed E-state index contributed by atoms with van der Waals surface area (Å²) in [4.78, 5) is 12.1. The van der Waals surface area contributed by atoms with Crippen LogP contribution in [0.4, 0.5) is 13.2 Å². The van der Waals surface area contributed by atoms with Crippen molar-refractivity contribution in [2.24, 2.45) is 5.92 Å². The smallest absolute Gasteiger partial charge is 0.348 e. The number of amides is 1. The van der Waals surface area contributed by atoms with Gasteiger partial charge in [-0.05, 0) is 31.7 Å². The average Bonchev–Trinajstić information content (AvgIpc) is 2.88. The number of nitrogens with zero attached hydrogens (tertiary/aromatic N) is 2. The summed E-state index contributed by atoms with van der Waals surface area (Å²) in [5.41, 5.74) is 0.258. The van der Waals surface area contributed by atoms with E-state index in [1.807, 2.05) is 6.92 Å². The molecule has 0 saturated heterocycles. The van der Waals surface area contributed by atoms with Crippen LogP contribution in [0.25, 0.3) is 0 Å². The van der Waals surface area contributed by atoms with Crippen LogP contribution in [-0.4, -0.2) is 27.9 Å². The summed E-state index contributed by atoms with van der Waals surface area (Å²) in [5.74, 6) is -0.919. The van der Waals surface area contributed by atoms with Crippen molar-refractivity contribution >= 4 is 5.91 Å². The number of halogens is 3. The average molecular weight is 303 g/mol. The lowest BCUT2D eigenvalue weighted by molar-refractivity contribution is -0.148. The zero-order valence-corrected chi connectivity index (χ0v) is 12.0. The molecule has 7 heteroatoms. The molecule has 0 radical (unpaired) electrons. The molecule has 1 aromatic heterocycles. The van der Waals surface area contributed by atoms with E-state index in [1.165, 1.54) is 0 Å². The summed E-state index contributed by atoms with van der Waals surface area (Å²) in [5, 5.41) is 6.81. The molecule has 1 aliphatic carbocycles. The molecule has 2 atom stereocenters. The first-order chi connectivity index (χ1) is 9.89. The van der Waals surface area contributed by atoms with Crippen LogP contribution in [0.15, 0.2) is 12.3 Å². The highest BCUT2D eigenvalue weighted by atomic mass is 19.4. The van der Waals surface area contributed by atoms with Gasteiger partial charge in [-0.15, -0.1) is 0 Å². The van der Waals surface area contributed by atoms with Crippen LogP contribution in [0.1, 0.15) is 49.5 Å². The maximum Gasteiger partial charge on any atom is 0.389 e. The molecule has 0 spiro atoms. The van der Waals surface area contributed by atoms with Crippen LogP contribution in [0.5, 0.6) is 0 Å². The molecule has 0 unspecified atom stereocenters. The van der Waals surface area contributed by atoms with Crippen molar-refractivity contribution in [3.63, 3.8) is 0 Å². The SMILES string of the molecule is CCn1ccc(C(=O)N[C@H]2CCCC[C@H]2CC(F)(F)F)n1. The monoisotopic (exact) mass is 303 g/mol. The van der Waals surface area contributed by atoms with Gasteiger partial charge in [0.2, 0.25) is 0 Å². The molecule has 1 aromatic rings. The highest BCUT2D eigenvalue weighted by Gasteiger charge is 2.37. The summed E-state index contributed by atoms with van der Waals surface area (Å²) in [6.07, 6.45) is -0.589. The third kappa shape index (κ3) is 4.47. The Bertz CT molecular complexity index is 484. The van der Waals surface area contributed by atoms with Gasteiger partial charge >= 0.3 is 6.18 Å². The van der Waals surface area contributed by atoms with Crippen molar-refractivity contribution in [1.29, 1.82) is 0 Å². The van der Waals surface area contributed by atoms with Crippen molar-refractivity contribution in [2.75, 3.05) is 0 Å². The Labute approximate surface area is 121 Å². The third-order valence-electron chi connectivity index (χ3n) is 3.92. The quantitative estimate of drug-likeness (QED) is 0.929. The number of hydrogen-bond acceptors (Lipinski definition) is 2. The van der Waals surface area contributed by atoms with Gasteiger partial charge in [0.1, 0.15) is 5.69 Å². The molecule has 1 N–H and O–H groups in total. The summed E-state index contributed by atoms with van der Waals surface area (Å²) < 4.78 is 39.4. The molecule has 1 aliphatic rings. The summed E-state index contributed by atoms with van der Waals surface area (Å²) in [6, 6.07) is 1.17. The van der Waals surface area contributed by atoms with Crippen LogP contribution in [-0.2, 0) is 6.54 Å². The van der Waals surface area contributed by atoms with E-state index >= 15 is 0 Å². The van der Waals surface area contributed by atoms with E-state index in [1.54, 1.807) is 16.9 Å². The Morgan fingerprint density at radius 2 is 2.14 bits per heavy atom. The van der Waals surface area contributed by atoms with E-state index < -0.39 is 24.6 Å². The van der Waals surface area contributed by atoms with Crippen molar-refractivity contribution < 1.29 is 18.0 Å². The van der Waals surface area contributed by atoms with Crippen molar-refractivity contribution in [1.82, 2.24) is 15.1 Å². The molecule has 0 bridgehead atoms. The second kappa shape index (κ2) is 6.49. The van der Waals surface area contributed by atoms with Gasteiger partial charge in [-0.3, -0.25) is 9.48 Å². The second-order valence-corrected chi connectivity index (χ2v) is 5.50. The number of aromatic nitrogens is 2. The number of aryl methyl sites for hydroxylation is 1. The van der Waals surface area contributed by atoms with Crippen LogP contribution in [0.3, 0.4) is 0 Å². The van der Waals surface area contributed by atoms with Crippen LogP contribution in [0, 0.1) is 5.92 Å². The molecule has 1 amide bonds. The second-order valence-electron chi connectivity index (χ2n) is 5.50. The zero-order valence-electron chi connectivity index (χ0n) is 12.0. The lowest BCUT2D eigenvalue weighted by atomic mass is 9.82. The zero-order chi connectivity index (χ0) is 15.5. The number of alkyl halides is 3. The van der Waals surface area contributed by atoms with Crippen molar-refractivity contribution in [2.45, 2.75) is 57.8 Å². The molecule has 0 aromatic carbocycles. The van der Waals surface area contributed by atoms with E-state index in [4.69, 9.17) is 0 Å². The Morgan fingerprint density at radius 1 is 1.43 bits per heavy atom. The van der Waals surface area contributed by atoms with Gasteiger partial charge in [0.15, 0.2) is 0 Å². The van der Waals surface area contributed by atoms with Gasteiger partial charge < -0.3 is 5.32 Å². The number of rotatable bonds is 4. The van der Waals surface area contributed by atoms with Crippen molar-refractivity contribution in [3.05, 3.63) is 18.0 Å². The molecule has 118 valence electrons. The number of nitrogens with one attached hydrogen (secondary N) is 1. The largest absolute Gasteiger partial charge is 0.389 e. The Balaban J connectivity index is 1.99. The summed E-state index contributed by atoms with van der Waals surface area (Å²) in [6.45, 7) is 2.54. The van der Waals surface area contributed by atoms with Gasteiger partial charge in [0.05, 0.1) is 0 Å². The first kappa shape index (κ1) is 15.9. The van der Waals surface area contributed by atoms with E-state index in [0.717, 1.165) is 12.8 Å². The highest BCUT2D eigenvalue weighted by Crippen LogP contribution is 2.34. The topological polar surface area (TPSA) is 46.9 Å². The van der Waals surface area contributed by atoms with E-state index in [-0.39, 0.29) is 11.6 Å².